The molecule has 3 nitrogen and oxygen atoms in total. The van der Waals surface area contributed by atoms with Crippen LogP contribution >= 0.6 is 0 Å². The summed E-state index contributed by atoms with van der Waals surface area (Å²) in [4.78, 5) is 11.9. The minimum absolute atomic E-state index is 0.103. The Balaban J connectivity index is 2.63. The van der Waals surface area contributed by atoms with Gasteiger partial charge in [-0.05, 0) is 24.2 Å². The lowest BCUT2D eigenvalue weighted by Crippen LogP contribution is -2.51. The maximum Gasteiger partial charge on any atom is 0.238 e. The Bertz CT molecular complexity index is 324. The Morgan fingerprint density at radius 1 is 1.44 bits per heavy atom. The number of hydrogen-bond donors (Lipinski definition) is 2. The summed E-state index contributed by atoms with van der Waals surface area (Å²) in [5.41, 5.74) is 5.96. The Morgan fingerprint density at radius 3 is 2.61 bits per heavy atom. The molecular weight excluding hydrogens is 224 g/mol. The third-order valence-corrected chi connectivity index (χ3v) is 3.88. The average Bonchev–Trinajstić information content (AvgIpc) is 2.28. The normalized spacial score (nSPS) is 26.2. The molecule has 3 N–H and O–H groups in total. The van der Waals surface area contributed by atoms with Crippen LogP contribution in [0, 0.1) is 23.7 Å². The summed E-state index contributed by atoms with van der Waals surface area (Å²) in [5.74, 6) is 2.86. The molecule has 1 amide bonds. The van der Waals surface area contributed by atoms with Gasteiger partial charge in [0.15, 0.2) is 0 Å². The van der Waals surface area contributed by atoms with E-state index in [-0.39, 0.29) is 17.4 Å². The van der Waals surface area contributed by atoms with E-state index in [2.05, 4.69) is 32.0 Å². The van der Waals surface area contributed by atoms with Gasteiger partial charge in [0, 0.05) is 12.5 Å². The van der Waals surface area contributed by atoms with Gasteiger partial charge in [-0.25, -0.2) is 0 Å². The summed E-state index contributed by atoms with van der Waals surface area (Å²) in [6.07, 6.45) is 10.2. The summed E-state index contributed by atoms with van der Waals surface area (Å²) >= 11 is 0. The molecule has 1 rings (SSSR count). The number of terminal acetylenes is 1. The highest BCUT2D eigenvalue weighted by Gasteiger charge is 2.35. The van der Waals surface area contributed by atoms with Gasteiger partial charge >= 0.3 is 0 Å². The van der Waals surface area contributed by atoms with Crippen LogP contribution in [0.5, 0.6) is 0 Å². The van der Waals surface area contributed by atoms with Crippen LogP contribution in [0.3, 0.4) is 0 Å². The van der Waals surface area contributed by atoms with Crippen LogP contribution in [0.1, 0.15) is 52.9 Å². The summed E-state index contributed by atoms with van der Waals surface area (Å²) in [6, 6.07) is -0.326. The van der Waals surface area contributed by atoms with Crippen molar-refractivity contribution in [3.05, 3.63) is 0 Å². The molecule has 1 fully saturated rings. The number of rotatable bonds is 3. The van der Waals surface area contributed by atoms with Gasteiger partial charge in [-0.3, -0.25) is 4.79 Å². The van der Waals surface area contributed by atoms with Gasteiger partial charge in [-0.15, -0.1) is 12.3 Å². The Hall–Kier alpha value is -1.01. The predicted molar refractivity (Wildman–Crippen MR) is 74.8 cm³/mol. The highest BCUT2D eigenvalue weighted by molar-refractivity contribution is 5.82. The number of carbonyl (C=O) groups is 1. The van der Waals surface area contributed by atoms with E-state index in [0.717, 1.165) is 6.42 Å². The van der Waals surface area contributed by atoms with Crippen molar-refractivity contribution in [2.24, 2.45) is 17.1 Å². The van der Waals surface area contributed by atoms with Crippen molar-refractivity contribution in [1.29, 1.82) is 0 Å². The van der Waals surface area contributed by atoms with Gasteiger partial charge in [0.25, 0.3) is 0 Å². The zero-order chi connectivity index (χ0) is 13.8. The van der Waals surface area contributed by atoms with Crippen LogP contribution in [-0.4, -0.2) is 18.0 Å². The van der Waals surface area contributed by atoms with Crippen molar-refractivity contribution in [3.63, 3.8) is 0 Å². The minimum atomic E-state index is -0.572. The predicted octanol–water partition coefficient (Wildman–Crippen LogP) is 2.06. The molecule has 0 spiro atoms. The fourth-order valence-corrected chi connectivity index (χ4v) is 2.85. The van der Waals surface area contributed by atoms with Gasteiger partial charge in [0.2, 0.25) is 5.91 Å². The molecule has 1 saturated carbocycles. The Kier molecular flexibility index (Phi) is 5.22. The zero-order valence-corrected chi connectivity index (χ0v) is 11.8. The van der Waals surface area contributed by atoms with E-state index in [1.807, 2.05) is 0 Å². The molecule has 1 aliphatic carbocycles. The molecule has 0 aromatic rings. The molecule has 0 aromatic carbocycles. The van der Waals surface area contributed by atoms with Crippen molar-refractivity contribution >= 4 is 5.91 Å². The molecule has 3 atom stereocenters. The van der Waals surface area contributed by atoms with Crippen molar-refractivity contribution in [3.8, 4) is 12.3 Å². The van der Waals surface area contributed by atoms with E-state index < -0.39 is 6.04 Å². The van der Waals surface area contributed by atoms with E-state index in [1.54, 1.807) is 0 Å². The van der Waals surface area contributed by atoms with Gasteiger partial charge < -0.3 is 11.1 Å². The van der Waals surface area contributed by atoms with Crippen molar-refractivity contribution in [1.82, 2.24) is 5.32 Å². The lowest BCUT2D eigenvalue weighted by atomic mass is 9.69. The molecular formula is C15H26N2O. The first kappa shape index (κ1) is 15.0. The van der Waals surface area contributed by atoms with E-state index in [1.165, 1.54) is 19.3 Å². The number of amides is 1. The SMILES string of the molecule is C#CCC(N)C(=O)NC1CCCCC1C(C)(C)C. The van der Waals surface area contributed by atoms with Gasteiger partial charge in [0.05, 0.1) is 6.04 Å². The molecule has 0 saturated heterocycles. The van der Waals surface area contributed by atoms with E-state index in [0.29, 0.717) is 12.3 Å². The van der Waals surface area contributed by atoms with Crippen LogP contribution in [0.25, 0.3) is 0 Å². The molecule has 0 aromatic heterocycles. The smallest absolute Gasteiger partial charge is 0.238 e. The largest absolute Gasteiger partial charge is 0.352 e. The van der Waals surface area contributed by atoms with E-state index >= 15 is 0 Å². The van der Waals surface area contributed by atoms with Crippen molar-refractivity contribution < 1.29 is 4.79 Å². The second-order valence-corrected chi connectivity index (χ2v) is 6.39. The van der Waals surface area contributed by atoms with Crippen LogP contribution in [-0.2, 0) is 4.79 Å². The van der Waals surface area contributed by atoms with Crippen LogP contribution in [0.15, 0.2) is 0 Å². The van der Waals surface area contributed by atoms with E-state index in [9.17, 15) is 4.79 Å². The highest BCUT2D eigenvalue weighted by atomic mass is 16.2. The third-order valence-electron chi connectivity index (χ3n) is 3.88. The zero-order valence-electron chi connectivity index (χ0n) is 11.8. The molecule has 3 unspecified atom stereocenters. The van der Waals surface area contributed by atoms with Gasteiger partial charge in [0.1, 0.15) is 0 Å². The number of hydrogen-bond acceptors (Lipinski definition) is 2. The monoisotopic (exact) mass is 250 g/mol. The van der Waals surface area contributed by atoms with Gasteiger partial charge in [-0.2, -0.15) is 0 Å². The Labute approximate surface area is 111 Å². The molecule has 102 valence electrons. The molecule has 0 radical (unpaired) electrons. The third kappa shape index (κ3) is 4.03. The van der Waals surface area contributed by atoms with Crippen LogP contribution in [0.2, 0.25) is 0 Å². The first-order valence-corrected chi connectivity index (χ1v) is 6.85. The Morgan fingerprint density at radius 2 is 2.06 bits per heavy atom. The van der Waals surface area contributed by atoms with E-state index in [4.69, 9.17) is 12.2 Å². The maximum absolute atomic E-state index is 11.9. The van der Waals surface area contributed by atoms with Crippen LogP contribution in [0.4, 0.5) is 0 Å². The summed E-state index contributed by atoms with van der Waals surface area (Å²) in [6.45, 7) is 6.72. The summed E-state index contributed by atoms with van der Waals surface area (Å²) in [5, 5.41) is 3.10. The first-order valence-electron chi connectivity index (χ1n) is 6.85. The second kappa shape index (κ2) is 6.24. The lowest BCUT2D eigenvalue weighted by Gasteiger charge is -2.41. The van der Waals surface area contributed by atoms with Gasteiger partial charge in [-0.1, -0.05) is 33.6 Å². The topological polar surface area (TPSA) is 55.1 Å². The number of nitrogens with two attached hydrogens (primary N) is 1. The van der Waals surface area contributed by atoms with Crippen molar-refractivity contribution in [2.75, 3.05) is 0 Å². The number of carbonyl (C=O) groups excluding carboxylic acids is 1. The quantitative estimate of drug-likeness (QED) is 0.753. The van der Waals surface area contributed by atoms with Crippen molar-refractivity contribution in [2.45, 2.75) is 65.0 Å². The molecule has 1 aliphatic rings. The second-order valence-electron chi connectivity index (χ2n) is 6.39. The maximum atomic E-state index is 11.9. The molecule has 3 heteroatoms. The first-order chi connectivity index (χ1) is 8.36. The summed E-state index contributed by atoms with van der Waals surface area (Å²) < 4.78 is 0. The number of nitrogens with one attached hydrogen (secondary N) is 1. The molecule has 0 bridgehead atoms. The fourth-order valence-electron chi connectivity index (χ4n) is 2.85. The summed E-state index contributed by atoms with van der Waals surface area (Å²) in [7, 11) is 0. The average molecular weight is 250 g/mol. The fraction of sp³-hybridized carbons (Fsp3) is 0.800. The standard InChI is InChI=1S/C15H26N2O/c1-5-8-12(16)14(18)17-13-10-7-6-9-11(13)15(2,3)4/h1,11-13H,6-10,16H2,2-4H3,(H,17,18). The lowest BCUT2D eigenvalue weighted by molar-refractivity contribution is -0.124. The molecule has 18 heavy (non-hydrogen) atoms. The molecule has 0 aliphatic heterocycles. The van der Waals surface area contributed by atoms with Crippen LogP contribution < -0.4 is 11.1 Å². The molecule has 0 heterocycles. The highest BCUT2D eigenvalue weighted by Crippen LogP contribution is 2.37. The minimum Gasteiger partial charge on any atom is -0.352 e.